The van der Waals surface area contributed by atoms with Gasteiger partial charge in [-0.25, -0.2) is 0 Å². The molecule has 0 saturated heterocycles. The number of carbonyl (C=O) groups excluding carboxylic acids is 1. The standard InChI is InChI=1S/C20H21N3O4/c1-13-4-6-14(7-5-13)20-22-19(27-23-20)9-8-18(24)21-15-10-16(25-2)12-17(11-15)26-3/h4-7,10-12H,8-9H2,1-3H3,(H,21,24). The predicted molar refractivity (Wildman–Crippen MR) is 101 cm³/mol. The highest BCUT2D eigenvalue weighted by molar-refractivity contribution is 5.91. The van der Waals surface area contributed by atoms with Crippen molar-refractivity contribution in [3.63, 3.8) is 0 Å². The zero-order valence-electron chi connectivity index (χ0n) is 15.5. The molecule has 0 spiro atoms. The second kappa shape index (κ2) is 8.35. The Hall–Kier alpha value is -3.35. The summed E-state index contributed by atoms with van der Waals surface area (Å²) in [6.45, 7) is 2.02. The molecule has 0 aliphatic carbocycles. The largest absolute Gasteiger partial charge is 0.497 e. The van der Waals surface area contributed by atoms with Crippen LogP contribution in [0.2, 0.25) is 0 Å². The summed E-state index contributed by atoms with van der Waals surface area (Å²) < 4.78 is 15.6. The van der Waals surface area contributed by atoms with Crippen molar-refractivity contribution in [2.45, 2.75) is 19.8 Å². The summed E-state index contributed by atoms with van der Waals surface area (Å²) >= 11 is 0. The third-order valence-corrected chi connectivity index (χ3v) is 3.98. The molecule has 2 aromatic carbocycles. The van der Waals surface area contributed by atoms with E-state index in [1.807, 2.05) is 31.2 Å². The quantitative estimate of drug-likeness (QED) is 0.686. The average molecular weight is 367 g/mol. The van der Waals surface area contributed by atoms with Crippen LogP contribution < -0.4 is 14.8 Å². The number of anilines is 1. The molecule has 0 bridgehead atoms. The summed E-state index contributed by atoms with van der Waals surface area (Å²) in [4.78, 5) is 16.6. The lowest BCUT2D eigenvalue weighted by Gasteiger charge is -2.09. The van der Waals surface area contributed by atoms with Gasteiger partial charge >= 0.3 is 0 Å². The van der Waals surface area contributed by atoms with E-state index in [1.165, 1.54) is 0 Å². The molecule has 0 radical (unpaired) electrons. The average Bonchev–Trinajstić information content (AvgIpc) is 3.15. The molecule has 1 heterocycles. The number of methoxy groups -OCH3 is 2. The van der Waals surface area contributed by atoms with Crippen molar-refractivity contribution < 1.29 is 18.8 Å². The minimum atomic E-state index is -0.166. The molecule has 1 aromatic heterocycles. The molecule has 3 aromatic rings. The lowest BCUT2D eigenvalue weighted by Crippen LogP contribution is -2.12. The van der Waals surface area contributed by atoms with Gasteiger partial charge < -0.3 is 19.3 Å². The first kappa shape index (κ1) is 18.4. The van der Waals surface area contributed by atoms with E-state index in [9.17, 15) is 4.79 Å². The number of hydrogen-bond donors (Lipinski definition) is 1. The van der Waals surface area contributed by atoms with Gasteiger partial charge in [0.25, 0.3) is 0 Å². The number of ether oxygens (including phenoxy) is 2. The maximum atomic E-state index is 12.2. The zero-order chi connectivity index (χ0) is 19.2. The summed E-state index contributed by atoms with van der Waals surface area (Å²) in [5.74, 6) is 1.97. The highest BCUT2D eigenvalue weighted by Gasteiger charge is 2.12. The van der Waals surface area contributed by atoms with E-state index in [-0.39, 0.29) is 12.3 Å². The number of carbonyl (C=O) groups is 1. The number of aromatic nitrogens is 2. The highest BCUT2D eigenvalue weighted by Crippen LogP contribution is 2.26. The van der Waals surface area contributed by atoms with Crippen molar-refractivity contribution in [2.24, 2.45) is 0 Å². The first-order chi connectivity index (χ1) is 13.1. The Morgan fingerprint density at radius 2 is 1.74 bits per heavy atom. The number of hydrogen-bond acceptors (Lipinski definition) is 6. The van der Waals surface area contributed by atoms with Crippen LogP contribution in [0.5, 0.6) is 11.5 Å². The van der Waals surface area contributed by atoms with Crippen LogP contribution in [0.1, 0.15) is 17.9 Å². The molecule has 3 rings (SSSR count). The molecule has 0 unspecified atom stereocenters. The highest BCUT2D eigenvalue weighted by atomic mass is 16.5. The summed E-state index contributed by atoms with van der Waals surface area (Å²) in [6.07, 6.45) is 0.570. The minimum absolute atomic E-state index is 0.166. The van der Waals surface area contributed by atoms with Crippen LogP contribution in [0.4, 0.5) is 5.69 Å². The molecule has 0 aliphatic heterocycles. The van der Waals surface area contributed by atoms with Gasteiger partial charge in [-0.1, -0.05) is 35.0 Å². The van der Waals surface area contributed by atoms with Crippen molar-refractivity contribution in [3.05, 3.63) is 53.9 Å². The van der Waals surface area contributed by atoms with E-state index in [4.69, 9.17) is 14.0 Å². The SMILES string of the molecule is COc1cc(NC(=O)CCc2nc(-c3ccc(C)cc3)no2)cc(OC)c1. The van der Waals surface area contributed by atoms with Crippen LogP contribution in [0.3, 0.4) is 0 Å². The van der Waals surface area contributed by atoms with Crippen LogP contribution in [0, 0.1) is 6.92 Å². The topological polar surface area (TPSA) is 86.5 Å². The smallest absolute Gasteiger partial charge is 0.227 e. The minimum Gasteiger partial charge on any atom is -0.497 e. The Labute approximate surface area is 157 Å². The molecular weight excluding hydrogens is 346 g/mol. The van der Waals surface area contributed by atoms with Gasteiger partial charge in [0.1, 0.15) is 11.5 Å². The molecular formula is C20H21N3O4. The first-order valence-corrected chi connectivity index (χ1v) is 8.50. The number of benzene rings is 2. The van der Waals surface area contributed by atoms with Crippen molar-refractivity contribution in [1.29, 1.82) is 0 Å². The van der Waals surface area contributed by atoms with Gasteiger partial charge in [-0.05, 0) is 6.92 Å². The lowest BCUT2D eigenvalue weighted by molar-refractivity contribution is -0.116. The Bertz CT molecular complexity index is 897. The van der Waals surface area contributed by atoms with Crippen molar-refractivity contribution in [1.82, 2.24) is 10.1 Å². The van der Waals surface area contributed by atoms with Crippen LogP contribution in [-0.4, -0.2) is 30.3 Å². The molecule has 7 heteroatoms. The summed E-state index contributed by atoms with van der Waals surface area (Å²) in [5.41, 5.74) is 2.64. The summed E-state index contributed by atoms with van der Waals surface area (Å²) in [6, 6.07) is 13.0. The van der Waals surface area contributed by atoms with Crippen molar-refractivity contribution in [3.8, 4) is 22.9 Å². The Morgan fingerprint density at radius 1 is 1.07 bits per heavy atom. The van der Waals surface area contributed by atoms with Gasteiger partial charge in [0.2, 0.25) is 17.6 Å². The van der Waals surface area contributed by atoms with Gasteiger partial charge in [-0.3, -0.25) is 4.79 Å². The first-order valence-electron chi connectivity index (χ1n) is 8.50. The van der Waals surface area contributed by atoms with Gasteiger partial charge in [-0.2, -0.15) is 4.98 Å². The lowest BCUT2D eigenvalue weighted by atomic mass is 10.1. The molecule has 0 saturated carbocycles. The van der Waals surface area contributed by atoms with E-state index in [0.717, 1.165) is 11.1 Å². The molecule has 0 atom stereocenters. The maximum absolute atomic E-state index is 12.2. The zero-order valence-corrected chi connectivity index (χ0v) is 15.5. The van der Waals surface area contributed by atoms with E-state index in [2.05, 4.69) is 15.5 Å². The van der Waals surface area contributed by atoms with E-state index >= 15 is 0 Å². The van der Waals surface area contributed by atoms with Crippen molar-refractivity contribution >= 4 is 11.6 Å². The predicted octanol–water partition coefficient (Wildman–Crippen LogP) is 3.63. The van der Waals surface area contributed by atoms with Crippen LogP contribution in [-0.2, 0) is 11.2 Å². The Balaban J connectivity index is 1.59. The van der Waals surface area contributed by atoms with Gasteiger partial charge in [0, 0.05) is 42.3 Å². The number of nitrogens with zero attached hydrogens (tertiary/aromatic N) is 2. The van der Waals surface area contributed by atoms with E-state index < -0.39 is 0 Å². The van der Waals surface area contributed by atoms with Crippen LogP contribution in [0.15, 0.2) is 47.0 Å². The fourth-order valence-electron chi connectivity index (χ4n) is 2.50. The second-order valence-electron chi connectivity index (χ2n) is 6.03. The van der Waals surface area contributed by atoms with Crippen molar-refractivity contribution in [2.75, 3.05) is 19.5 Å². The monoisotopic (exact) mass is 367 g/mol. The van der Waals surface area contributed by atoms with Gasteiger partial charge in [-0.15, -0.1) is 0 Å². The molecule has 1 N–H and O–H groups in total. The number of nitrogens with one attached hydrogen (secondary N) is 1. The maximum Gasteiger partial charge on any atom is 0.227 e. The molecule has 27 heavy (non-hydrogen) atoms. The third kappa shape index (κ3) is 4.84. The molecule has 0 fully saturated rings. The number of rotatable bonds is 7. The molecule has 7 nitrogen and oxygen atoms in total. The fraction of sp³-hybridized carbons (Fsp3) is 0.250. The van der Waals surface area contributed by atoms with Gasteiger partial charge in [0.15, 0.2) is 0 Å². The molecule has 1 amide bonds. The van der Waals surface area contributed by atoms with Gasteiger partial charge in [0.05, 0.1) is 14.2 Å². The number of aryl methyl sites for hydroxylation is 2. The normalized spacial score (nSPS) is 10.5. The summed E-state index contributed by atoms with van der Waals surface area (Å²) in [5, 5.41) is 6.79. The van der Waals surface area contributed by atoms with Crippen LogP contribution >= 0.6 is 0 Å². The Kier molecular flexibility index (Phi) is 5.71. The molecule has 140 valence electrons. The fourth-order valence-corrected chi connectivity index (χ4v) is 2.50. The van der Waals surface area contributed by atoms with E-state index in [1.54, 1.807) is 32.4 Å². The van der Waals surface area contributed by atoms with Crippen LogP contribution in [0.25, 0.3) is 11.4 Å². The Morgan fingerprint density at radius 3 is 2.37 bits per heavy atom. The number of amides is 1. The molecule has 0 aliphatic rings. The van der Waals surface area contributed by atoms with E-state index in [0.29, 0.717) is 35.3 Å². The third-order valence-electron chi connectivity index (χ3n) is 3.98. The summed E-state index contributed by atoms with van der Waals surface area (Å²) in [7, 11) is 3.11. The second-order valence-corrected chi connectivity index (χ2v) is 6.03.